The van der Waals surface area contributed by atoms with E-state index in [-0.39, 0.29) is 24.4 Å². The number of rotatable bonds is 7. The fourth-order valence-electron chi connectivity index (χ4n) is 1.30. The minimum atomic E-state index is -0.0300. The minimum absolute atomic E-state index is 0.0300. The number of carbonyl (C=O) groups is 2. The number of hydrogen-bond acceptors (Lipinski definition) is 3. The molecule has 0 aromatic carbocycles. The molecule has 0 atom stereocenters. The van der Waals surface area contributed by atoms with E-state index >= 15 is 0 Å². The molecule has 0 radical (unpaired) electrons. The summed E-state index contributed by atoms with van der Waals surface area (Å²) in [5.74, 6) is 0.0388. The van der Waals surface area contributed by atoms with Crippen LogP contribution in [0.15, 0.2) is 0 Å². The van der Waals surface area contributed by atoms with E-state index in [9.17, 15) is 9.59 Å². The van der Waals surface area contributed by atoms with Gasteiger partial charge in [0.15, 0.2) is 0 Å². The Kier molecular flexibility index (Phi) is 5.25. The van der Waals surface area contributed by atoms with E-state index in [1.807, 2.05) is 13.8 Å². The van der Waals surface area contributed by atoms with E-state index in [0.29, 0.717) is 19.0 Å². The van der Waals surface area contributed by atoms with Crippen LogP contribution >= 0.6 is 0 Å². The molecule has 0 aromatic heterocycles. The Morgan fingerprint density at radius 2 is 1.94 bits per heavy atom. The quantitative estimate of drug-likeness (QED) is 0.526. The zero-order valence-corrected chi connectivity index (χ0v) is 10.0. The average molecular weight is 227 g/mol. The molecule has 16 heavy (non-hydrogen) atoms. The van der Waals surface area contributed by atoms with Crippen LogP contribution in [0.25, 0.3) is 0 Å². The Balaban J connectivity index is 1.93. The largest absolute Gasteiger partial charge is 0.353 e. The Hall–Kier alpha value is -1.10. The molecule has 0 unspecified atom stereocenters. The standard InChI is InChI=1S/C11H21N3O2/c1-8(2)13-11(16)7-12-6-5-10(15)14-9-3-4-9/h8-9,12H,3-7H2,1-2H3,(H,13,16)(H,14,15). The van der Waals surface area contributed by atoms with E-state index in [1.165, 1.54) is 0 Å². The van der Waals surface area contributed by atoms with Crippen LogP contribution < -0.4 is 16.0 Å². The van der Waals surface area contributed by atoms with Gasteiger partial charge in [0.25, 0.3) is 0 Å². The van der Waals surface area contributed by atoms with Crippen LogP contribution in [0.1, 0.15) is 33.1 Å². The van der Waals surface area contributed by atoms with Gasteiger partial charge >= 0.3 is 0 Å². The molecule has 1 fully saturated rings. The Bertz CT molecular complexity index is 232. The van der Waals surface area contributed by atoms with Crippen molar-refractivity contribution in [3.63, 3.8) is 0 Å². The van der Waals surface area contributed by atoms with Gasteiger partial charge < -0.3 is 16.0 Å². The van der Waals surface area contributed by atoms with Crippen molar-refractivity contribution in [1.29, 1.82) is 0 Å². The van der Waals surface area contributed by atoms with Crippen molar-refractivity contribution in [1.82, 2.24) is 16.0 Å². The second kappa shape index (κ2) is 6.48. The highest BCUT2D eigenvalue weighted by molar-refractivity contribution is 5.78. The maximum atomic E-state index is 11.3. The SMILES string of the molecule is CC(C)NC(=O)CNCCC(=O)NC1CC1. The normalized spacial score (nSPS) is 14.9. The third-order valence-corrected chi connectivity index (χ3v) is 2.21. The molecule has 0 bridgehead atoms. The van der Waals surface area contributed by atoms with Crippen LogP contribution in [-0.2, 0) is 9.59 Å². The fourth-order valence-corrected chi connectivity index (χ4v) is 1.30. The lowest BCUT2D eigenvalue weighted by molar-refractivity contribution is -0.122. The summed E-state index contributed by atoms with van der Waals surface area (Å²) in [7, 11) is 0. The van der Waals surface area contributed by atoms with Gasteiger partial charge in [-0.05, 0) is 26.7 Å². The summed E-state index contributed by atoms with van der Waals surface area (Å²) in [4.78, 5) is 22.5. The molecule has 3 N–H and O–H groups in total. The highest BCUT2D eigenvalue weighted by Gasteiger charge is 2.22. The third kappa shape index (κ3) is 6.40. The van der Waals surface area contributed by atoms with Gasteiger partial charge in [0.2, 0.25) is 11.8 Å². The lowest BCUT2D eigenvalue weighted by Crippen LogP contribution is -2.38. The number of carbonyl (C=O) groups excluding carboxylic acids is 2. The second-order valence-electron chi connectivity index (χ2n) is 4.49. The van der Waals surface area contributed by atoms with Gasteiger partial charge in [-0.1, -0.05) is 0 Å². The smallest absolute Gasteiger partial charge is 0.234 e. The molecule has 0 aliphatic heterocycles. The van der Waals surface area contributed by atoms with E-state index in [4.69, 9.17) is 0 Å². The Morgan fingerprint density at radius 3 is 2.50 bits per heavy atom. The van der Waals surface area contributed by atoms with Gasteiger partial charge in [-0.3, -0.25) is 9.59 Å². The Labute approximate surface area is 96.4 Å². The zero-order chi connectivity index (χ0) is 12.0. The Morgan fingerprint density at radius 1 is 1.25 bits per heavy atom. The molecule has 1 aliphatic carbocycles. The molecule has 1 aliphatic rings. The predicted octanol–water partition coefficient (Wildman–Crippen LogP) is -0.231. The van der Waals surface area contributed by atoms with Gasteiger partial charge in [-0.25, -0.2) is 0 Å². The summed E-state index contributed by atoms with van der Waals surface area (Å²) < 4.78 is 0. The summed E-state index contributed by atoms with van der Waals surface area (Å²) in [6, 6.07) is 0.573. The summed E-state index contributed by atoms with van der Waals surface area (Å²) in [6.45, 7) is 4.65. The lowest BCUT2D eigenvalue weighted by atomic mass is 10.3. The van der Waals surface area contributed by atoms with Crippen molar-refractivity contribution < 1.29 is 9.59 Å². The molecule has 0 saturated heterocycles. The summed E-state index contributed by atoms with van der Waals surface area (Å²) in [6.07, 6.45) is 2.65. The minimum Gasteiger partial charge on any atom is -0.353 e. The first-order chi connectivity index (χ1) is 7.58. The molecule has 2 amide bonds. The molecular weight excluding hydrogens is 206 g/mol. The van der Waals surface area contributed by atoms with Crippen LogP contribution in [0.5, 0.6) is 0 Å². The molecule has 1 saturated carbocycles. The van der Waals surface area contributed by atoms with Crippen molar-refractivity contribution >= 4 is 11.8 Å². The lowest BCUT2D eigenvalue weighted by Gasteiger charge is -2.09. The van der Waals surface area contributed by atoms with Gasteiger partial charge in [0.1, 0.15) is 0 Å². The average Bonchev–Trinajstić information content (AvgIpc) is 2.95. The first kappa shape index (κ1) is 13.0. The predicted molar refractivity (Wildman–Crippen MR) is 61.9 cm³/mol. The van der Waals surface area contributed by atoms with Crippen molar-refractivity contribution in [3.8, 4) is 0 Å². The number of hydrogen-bond donors (Lipinski definition) is 3. The van der Waals surface area contributed by atoms with E-state index < -0.39 is 0 Å². The third-order valence-electron chi connectivity index (χ3n) is 2.21. The molecule has 0 heterocycles. The van der Waals surface area contributed by atoms with Gasteiger partial charge in [0.05, 0.1) is 6.54 Å². The van der Waals surface area contributed by atoms with E-state index in [1.54, 1.807) is 0 Å². The number of nitrogens with one attached hydrogen (secondary N) is 3. The van der Waals surface area contributed by atoms with Crippen LogP contribution in [-0.4, -0.2) is 37.0 Å². The number of amides is 2. The molecule has 5 heteroatoms. The molecular formula is C11H21N3O2. The summed E-state index contributed by atoms with van der Waals surface area (Å²) in [5.41, 5.74) is 0. The van der Waals surface area contributed by atoms with Gasteiger partial charge in [0, 0.05) is 25.0 Å². The molecule has 5 nitrogen and oxygen atoms in total. The summed E-state index contributed by atoms with van der Waals surface area (Å²) in [5, 5.41) is 8.61. The van der Waals surface area contributed by atoms with Crippen LogP contribution in [0.4, 0.5) is 0 Å². The molecule has 1 rings (SSSR count). The van der Waals surface area contributed by atoms with E-state index in [2.05, 4.69) is 16.0 Å². The topological polar surface area (TPSA) is 70.2 Å². The van der Waals surface area contributed by atoms with Crippen molar-refractivity contribution in [3.05, 3.63) is 0 Å². The first-order valence-electron chi connectivity index (χ1n) is 5.87. The zero-order valence-electron chi connectivity index (χ0n) is 10.0. The summed E-state index contributed by atoms with van der Waals surface area (Å²) >= 11 is 0. The molecule has 92 valence electrons. The fraction of sp³-hybridized carbons (Fsp3) is 0.818. The van der Waals surface area contributed by atoms with E-state index in [0.717, 1.165) is 12.8 Å². The van der Waals surface area contributed by atoms with Crippen LogP contribution in [0.3, 0.4) is 0 Å². The molecule has 0 spiro atoms. The van der Waals surface area contributed by atoms with Gasteiger partial charge in [-0.15, -0.1) is 0 Å². The van der Waals surface area contributed by atoms with Crippen LogP contribution in [0.2, 0.25) is 0 Å². The second-order valence-corrected chi connectivity index (χ2v) is 4.49. The highest BCUT2D eigenvalue weighted by atomic mass is 16.2. The van der Waals surface area contributed by atoms with Crippen molar-refractivity contribution in [2.75, 3.05) is 13.1 Å². The first-order valence-corrected chi connectivity index (χ1v) is 5.87. The molecule has 0 aromatic rings. The maximum absolute atomic E-state index is 11.3. The monoisotopic (exact) mass is 227 g/mol. The van der Waals surface area contributed by atoms with Crippen molar-refractivity contribution in [2.45, 2.75) is 45.2 Å². The van der Waals surface area contributed by atoms with Crippen LogP contribution in [0, 0.1) is 0 Å². The highest BCUT2D eigenvalue weighted by Crippen LogP contribution is 2.18. The van der Waals surface area contributed by atoms with Gasteiger partial charge in [-0.2, -0.15) is 0 Å². The van der Waals surface area contributed by atoms with Crippen molar-refractivity contribution in [2.24, 2.45) is 0 Å². The maximum Gasteiger partial charge on any atom is 0.234 e.